The maximum absolute atomic E-state index is 12.9. The number of carbonyl (C=O) groups excluding carboxylic acids is 1. The van der Waals surface area contributed by atoms with E-state index >= 15 is 0 Å². The van der Waals surface area contributed by atoms with E-state index in [9.17, 15) is 10.0 Å². The van der Waals surface area contributed by atoms with E-state index in [1.165, 1.54) is 30.6 Å². The molecule has 4 aliphatic rings. The second-order valence-corrected chi connectivity index (χ2v) is 10.2. The number of hydrogen-bond acceptors (Lipinski definition) is 3. The second kappa shape index (κ2) is 6.75. The standard InChI is InChI=1S/C19H27ClN2O2S/c1-2-3-15(16-4-5-17(20)25-16)22(24)18(23)21-19-9-12-6-13(10-19)8-14(7-12)11-19/h4-5,12-15,24H,2-3,6-11H2,1H3,(H,21,23)/t12?,13?,14?,15-,19?/m1/s1. The van der Waals surface area contributed by atoms with E-state index in [4.69, 9.17) is 11.6 Å². The zero-order valence-corrected chi connectivity index (χ0v) is 16.3. The van der Waals surface area contributed by atoms with Gasteiger partial charge in [0.2, 0.25) is 0 Å². The van der Waals surface area contributed by atoms with Crippen molar-refractivity contribution in [2.24, 2.45) is 17.8 Å². The molecule has 1 aromatic rings. The molecule has 5 rings (SSSR count). The number of amides is 2. The van der Waals surface area contributed by atoms with Crippen LogP contribution in [0.15, 0.2) is 12.1 Å². The minimum Gasteiger partial charge on any atom is -0.331 e. The zero-order valence-electron chi connectivity index (χ0n) is 14.7. The third-order valence-electron chi connectivity index (χ3n) is 6.40. The molecule has 0 radical (unpaired) electrons. The first-order valence-electron chi connectivity index (χ1n) is 9.53. The van der Waals surface area contributed by atoms with Crippen LogP contribution in [-0.4, -0.2) is 21.8 Å². The van der Waals surface area contributed by atoms with E-state index in [1.54, 1.807) is 0 Å². The van der Waals surface area contributed by atoms with Gasteiger partial charge in [-0.1, -0.05) is 24.9 Å². The summed E-state index contributed by atoms with van der Waals surface area (Å²) in [6, 6.07) is 3.07. The predicted molar refractivity (Wildman–Crippen MR) is 100 cm³/mol. The molecular formula is C19H27ClN2O2S. The summed E-state index contributed by atoms with van der Waals surface area (Å²) in [5.41, 5.74) is -0.0866. The molecule has 2 N–H and O–H groups in total. The van der Waals surface area contributed by atoms with Gasteiger partial charge in [0.05, 0.1) is 10.4 Å². The summed E-state index contributed by atoms with van der Waals surface area (Å²) in [6.45, 7) is 2.06. The Kier molecular flexibility index (Phi) is 4.76. The number of halogens is 1. The van der Waals surface area contributed by atoms with Gasteiger partial charge in [-0.2, -0.15) is 5.06 Å². The Labute approximate surface area is 158 Å². The van der Waals surface area contributed by atoms with Crippen LogP contribution in [-0.2, 0) is 0 Å². The molecule has 0 aromatic carbocycles. The van der Waals surface area contributed by atoms with Crippen LogP contribution in [0.5, 0.6) is 0 Å². The van der Waals surface area contributed by atoms with Crippen molar-refractivity contribution in [3.8, 4) is 0 Å². The van der Waals surface area contributed by atoms with Gasteiger partial charge in [0, 0.05) is 10.4 Å². The average molecular weight is 383 g/mol. The van der Waals surface area contributed by atoms with E-state index < -0.39 is 0 Å². The Balaban J connectivity index is 1.48. The number of urea groups is 1. The van der Waals surface area contributed by atoms with Gasteiger partial charge in [-0.25, -0.2) is 4.79 Å². The summed E-state index contributed by atoms with van der Waals surface area (Å²) in [7, 11) is 0. The highest BCUT2D eigenvalue weighted by atomic mass is 35.5. The normalized spacial score (nSPS) is 34.1. The van der Waals surface area contributed by atoms with Crippen molar-refractivity contribution in [1.29, 1.82) is 0 Å². The molecule has 0 aliphatic heterocycles. The molecule has 4 saturated carbocycles. The van der Waals surface area contributed by atoms with Gasteiger partial charge in [-0.15, -0.1) is 11.3 Å². The molecule has 4 bridgehead atoms. The lowest BCUT2D eigenvalue weighted by Gasteiger charge is -2.57. The van der Waals surface area contributed by atoms with Gasteiger partial charge in [-0.05, 0) is 74.8 Å². The number of rotatable bonds is 5. The molecule has 0 spiro atoms. The monoisotopic (exact) mass is 382 g/mol. The zero-order chi connectivity index (χ0) is 17.6. The summed E-state index contributed by atoms with van der Waals surface area (Å²) < 4.78 is 0.686. The molecule has 4 aliphatic carbocycles. The number of hydrogen-bond donors (Lipinski definition) is 2. The van der Waals surface area contributed by atoms with E-state index in [2.05, 4.69) is 12.2 Å². The lowest BCUT2D eigenvalue weighted by molar-refractivity contribution is -0.0905. The Morgan fingerprint density at radius 1 is 1.32 bits per heavy atom. The number of nitrogens with zero attached hydrogens (tertiary/aromatic N) is 1. The minimum absolute atomic E-state index is 0.0866. The second-order valence-electron chi connectivity index (χ2n) is 8.42. The topological polar surface area (TPSA) is 52.6 Å². The SMILES string of the molecule is CCC[C@H](c1ccc(Cl)s1)N(O)C(=O)NC12CC3CC(CC(C3)C1)C2. The van der Waals surface area contributed by atoms with Crippen LogP contribution < -0.4 is 5.32 Å². The van der Waals surface area contributed by atoms with Gasteiger partial charge in [0.15, 0.2) is 0 Å². The van der Waals surface area contributed by atoms with Crippen LogP contribution in [0.3, 0.4) is 0 Å². The summed E-state index contributed by atoms with van der Waals surface area (Å²) in [5, 5.41) is 14.8. The van der Waals surface area contributed by atoms with Crippen LogP contribution in [0.25, 0.3) is 0 Å². The first kappa shape index (κ1) is 17.6. The Bertz CT molecular complexity index is 612. The van der Waals surface area contributed by atoms with Crippen molar-refractivity contribution < 1.29 is 10.0 Å². The fraction of sp³-hybridized carbons (Fsp3) is 0.737. The molecule has 0 unspecified atom stereocenters. The summed E-state index contributed by atoms with van der Waals surface area (Å²) in [6.07, 6.45) is 8.88. The molecule has 25 heavy (non-hydrogen) atoms. The number of thiophene rings is 1. The minimum atomic E-state index is -0.343. The van der Waals surface area contributed by atoms with Gasteiger partial charge in [0.1, 0.15) is 0 Å². The van der Waals surface area contributed by atoms with E-state index in [0.29, 0.717) is 4.34 Å². The molecule has 2 amide bonds. The van der Waals surface area contributed by atoms with Crippen LogP contribution in [0.2, 0.25) is 4.34 Å². The van der Waals surface area contributed by atoms with Crippen molar-refractivity contribution in [1.82, 2.24) is 10.4 Å². The molecule has 1 aromatic heterocycles. The van der Waals surface area contributed by atoms with Gasteiger partial charge >= 0.3 is 6.03 Å². The third kappa shape index (κ3) is 3.43. The molecule has 138 valence electrons. The smallest absolute Gasteiger partial charge is 0.331 e. The van der Waals surface area contributed by atoms with Crippen molar-refractivity contribution in [2.45, 2.75) is 69.9 Å². The maximum Gasteiger partial charge on any atom is 0.342 e. The lowest BCUT2D eigenvalue weighted by atomic mass is 9.53. The van der Waals surface area contributed by atoms with Crippen molar-refractivity contribution in [2.75, 3.05) is 0 Å². The summed E-state index contributed by atoms with van der Waals surface area (Å²) >= 11 is 7.49. The highest BCUT2D eigenvalue weighted by molar-refractivity contribution is 7.16. The van der Waals surface area contributed by atoms with E-state index in [1.807, 2.05) is 12.1 Å². The Morgan fingerprint density at radius 3 is 2.40 bits per heavy atom. The van der Waals surface area contributed by atoms with Crippen molar-refractivity contribution in [3.63, 3.8) is 0 Å². The fourth-order valence-corrected chi connectivity index (χ4v) is 7.04. The summed E-state index contributed by atoms with van der Waals surface area (Å²) in [5.74, 6) is 2.30. The Hall–Kier alpha value is -0.780. The van der Waals surface area contributed by atoms with Crippen LogP contribution in [0, 0.1) is 17.8 Å². The van der Waals surface area contributed by atoms with E-state index in [0.717, 1.165) is 59.8 Å². The first-order chi connectivity index (χ1) is 12.0. The molecule has 0 saturated heterocycles. The quantitative estimate of drug-likeness (QED) is 0.513. The van der Waals surface area contributed by atoms with Gasteiger partial charge in [0.25, 0.3) is 0 Å². The third-order valence-corrected chi connectivity index (χ3v) is 7.73. The lowest BCUT2D eigenvalue weighted by Crippen LogP contribution is -2.61. The van der Waals surface area contributed by atoms with Crippen molar-refractivity contribution in [3.05, 3.63) is 21.3 Å². The van der Waals surface area contributed by atoms with Crippen LogP contribution in [0.4, 0.5) is 4.79 Å². The highest BCUT2D eigenvalue weighted by Crippen LogP contribution is 2.55. The highest BCUT2D eigenvalue weighted by Gasteiger charge is 2.52. The molecule has 4 nitrogen and oxygen atoms in total. The molecule has 6 heteroatoms. The first-order valence-corrected chi connectivity index (χ1v) is 10.7. The van der Waals surface area contributed by atoms with Crippen LogP contribution in [0.1, 0.15) is 69.2 Å². The average Bonchev–Trinajstić information content (AvgIpc) is 2.96. The van der Waals surface area contributed by atoms with Gasteiger partial charge < -0.3 is 5.32 Å². The Morgan fingerprint density at radius 2 is 1.92 bits per heavy atom. The number of nitrogens with one attached hydrogen (secondary N) is 1. The summed E-state index contributed by atoms with van der Waals surface area (Å²) in [4.78, 5) is 13.8. The fourth-order valence-electron chi connectivity index (χ4n) is 5.86. The number of hydroxylamine groups is 2. The largest absolute Gasteiger partial charge is 0.342 e. The number of carbonyl (C=O) groups is 1. The molecule has 1 atom stereocenters. The van der Waals surface area contributed by atoms with Gasteiger partial charge in [-0.3, -0.25) is 5.21 Å². The van der Waals surface area contributed by atoms with E-state index in [-0.39, 0.29) is 17.6 Å². The molecular weight excluding hydrogens is 356 g/mol. The van der Waals surface area contributed by atoms with Crippen molar-refractivity contribution >= 4 is 29.0 Å². The maximum atomic E-state index is 12.9. The van der Waals surface area contributed by atoms with Crippen LogP contribution >= 0.6 is 22.9 Å². The molecule has 4 fully saturated rings. The molecule has 1 heterocycles. The predicted octanol–water partition coefficient (Wildman–Crippen LogP) is 5.61.